The fourth-order valence-electron chi connectivity index (χ4n) is 2.22. The van der Waals surface area contributed by atoms with Gasteiger partial charge in [-0.05, 0) is 12.5 Å². The molecular formula is C15H18N2O7. The van der Waals surface area contributed by atoms with Crippen LogP contribution in [0.4, 0.5) is 5.69 Å². The van der Waals surface area contributed by atoms with Gasteiger partial charge in [0.25, 0.3) is 5.69 Å². The number of non-ortho nitro benzene ring substituents is 1. The smallest absolute Gasteiger partial charge is 0.326 e. The van der Waals surface area contributed by atoms with Crippen LogP contribution in [-0.2, 0) is 19.1 Å². The van der Waals surface area contributed by atoms with E-state index in [2.05, 4.69) is 5.32 Å². The SMILES string of the molecule is CCOC(=O)C[C@@H](c1ccc([N+](=O)[O-])cc1)[C@H](NC(C)=O)C(=O)O. The highest BCUT2D eigenvalue weighted by molar-refractivity contribution is 5.84. The van der Waals surface area contributed by atoms with Gasteiger partial charge in [0.1, 0.15) is 6.04 Å². The van der Waals surface area contributed by atoms with E-state index in [1.807, 2.05) is 0 Å². The van der Waals surface area contributed by atoms with E-state index in [1.165, 1.54) is 24.3 Å². The molecule has 9 nitrogen and oxygen atoms in total. The minimum absolute atomic E-state index is 0.129. The maximum absolute atomic E-state index is 11.8. The summed E-state index contributed by atoms with van der Waals surface area (Å²) < 4.78 is 4.84. The number of carbonyl (C=O) groups is 3. The number of nitro benzene ring substituents is 1. The summed E-state index contributed by atoms with van der Waals surface area (Å²) in [5.74, 6) is -3.44. The van der Waals surface area contributed by atoms with E-state index < -0.39 is 34.7 Å². The highest BCUT2D eigenvalue weighted by Crippen LogP contribution is 2.26. The number of carbonyl (C=O) groups excluding carboxylic acids is 2. The molecule has 0 unspecified atom stereocenters. The third kappa shape index (κ3) is 5.34. The first kappa shape index (κ1) is 19.1. The first-order valence-corrected chi connectivity index (χ1v) is 7.16. The first-order chi connectivity index (χ1) is 11.3. The summed E-state index contributed by atoms with van der Waals surface area (Å²) in [5.41, 5.74) is 0.204. The van der Waals surface area contributed by atoms with E-state index in [1.54, 1.807) is 6.92 Å². The van der Waals surface area contributed by atoms with Crippen molar-refractivity contribution in [3.8, 4) is 0 Å². The number of aliphatic carboxylic acids is 1. The second-order valence-corrected chi connectivity index (χ2v) is 4.98. The Morgan fingerprint density at radius 1 is 1.29 bits per heavy atom. The maximum atomic E-state index is 11.8. The Morgan fingerprint density at radius 3 is 2.29 bits per heavy atom. The maximum Gasteiger partial charge on any atom is 0.326 e. The van der Waals surface area contributed by atoms with Gasteiger partial charge in [-0.2, -0.15) is 0 Å². The Kier molecular flexibility index (Phi) is 6.84. The zero-order valence-corrected chi connectivity index (χ0v) is 13.2. The summed E-state index contributed by atoms with van der Waals surface area (Å²) in [6.07, 6.45) is -0.289. The lowest BCUT2D eigenvalue weighted by atomic mass is 9.88. The Hall–Kier alpha value is -2.97. The minimum Gasteiger partial charge on any atom is -0.480 e. The van der Waals surface area contributed by atoms with E-state index >= 15 is 0 Å². The van der Waals surface area contributed by atoms with Crippen molar-refractivity contribution >= 4 is 23.5 Å². The van der Waals surface area contributed by atoms with E-state index in [0.717, 1.165) is 6.92 Å². The molecule has 1 aromatic rings. The molecule has 0 bridgehead atoms. The number of esters is 1. The summed E-state index contributed by atoms with van der Waals surface area (Å²) in [6.45, 7) is 2.90. The molecule has 0 heterocycles. The van der Waals surface area contributed by atoms with Crippen LogP contribution in [0.2, 0.25) is 0 Å². The van der Waals surface area contributed by atoms with Crippen molar-refractivity contribution in [2.75, 3.05) is 6.61 Å². The molecule has 0 aliphatic heterocycles. The predicted octanol–water partition coefficient (Wildman–Crippen LogP) is 1.22. The monoisotopic (exact) mass is 338 g/mol. The zero-order valence-electron chi connectivity index (χ0n) is 13.2. The van der Waals surface area contributed by atoms with Crippen molar-refractivity contribution in [2.45, 2.75) is 32.2 Å². The average molecular weight is 338 g/mol. The Balaban J connectivity index is 3.19. The molecule has 9 heteroatoms. The normalized spacial score (nSPS) is 12.8. The van der Waals surface area contributed by atoms with Crippen LogP contribution >= 0.6 is 0 Å². The zero-order chi connectivity index (χ0) is 18.3. The third-order valence-corrected chi connectivity index (χ3v) is 3.25. The number of benzene rings is 1. The van der Waals surface area contributed by atoms with Gasteiger partial charge in [0, 0.05) is 25.0 Å². The number of hydrogen-bond acceptors (Lipinski definition) is 6. The van der Waals surface area contributed by atoms with Gasteiger partial charge >= 0.3 is 11.9 Å². The molecule has 0 aliphatic rings. The van der Waals surface area contributed by atoms with E-state index in [9.17, 15) is 29.6 Å². The Labute approximate surface area is 137 Å². The van der Waals surface area contributed by atoms with Crippen LogP contribution in [-0.4, -0.2) is 40.5 Å². The van der Waals surface area contributed by atoms with Crippen LogP contribution in [0, 0.1) is 10.1 Å². The second-order valence-electron chi connectivity index (χ2n) is 4.98. The number of carboxylic acids is 1. The molecule has 1 amide bonds. The summed E-state index contributed by atoms with van der Waals surface area (Å²) in [6, 6.07) is 3.77. The van der Waals surface area contributed by atoms with Gasteiger partial charge in [0.2, 0.25) is 5.91 Å². The third-order valence-electron chi connectivity index (χ3n) is 3.25. The topological polar surface area (TPSA) is 136 Å². The number of nitrogens with one attached hydrogen (secondary N) is 1. The fourth-order valence-corrected chi connectivity index (χ4v) is 2.22. The molecule has 24 heavy (non-hydrogen) atoms. The molecule has 0 aliphatic carbocycles. The predicted molar refractivity (Wildman–Crippen MR) is 82.3 cm³/mol. The fraction of sp³-hybridized carbons (Fsp3) is 0.400. The van der Waals surface area contributed by atoms with E-state index in [0.29, 0.717) is 5.56 Å². The Morgan fingerprint density at radius 2 is 1.88 bits per heavy atom. The lowest BCUT2D eigenvalue weighted by Crippen LogP contribution is -2.44. The molecule has 0 radical (unpaired) electrons. The van der Waals surface area contributed by atoms with Gasteiger partial charge in [0.05, 0.1) is 18.0 Å². The molecule has 0 fully saturated rings. The van der Waals surface area contributed by atoms with Crippen LogP contribution in [0.5, 0.6) is 0 Å². The lowest BCUT2D eigenvalue weighted by Gasteiger charge is -2.24. The number of nitro groups is 1. The minimum atomic E-state index is -1.37. The molecule has 0 saturated heterocycles. The average Bonchev–Trinajstić information content (AvgIpc) is 2.50. The highest BCUT2D eigenvalue weighted by atomic mass is 16.6. The van der Waals surface area contributed by atoms with Crippen molar-refractivity contribution in [3.63, 3.8) is 0 Å². The summed E-state index contributed by atoms with van der Waals surface area (Å²) >= 11 is 0. The van der Waals surface area contributed by atoms with Crippen LogP contribution < -0.4 is 5.32 Å². The van der Waals surface area contributed by atoms with Crippen molar-refractivity contribution in [2.24, 2.45) is 0 Å². The number of carboxylic acid groups (broad SMARTS) is 1. The molecule has 2 atom stereocenters. The second kappa shape index (κ2) is 8.61. The van der Waals surface area contributed by atoms with Crippen molar-refractivity contribution in [3.05, 3.63) is 39.9 Å². The van der Waals surface area contributed by atoms with Gasteiger partial charge in [-0.3, -0.25) is 19.7 Å². The van der Waals surface area contributed by atoms with Crippen LogP contribution in [0.1, 0.15) is 31.7 Å². The van der Waals surface area contributed by atoms with Crippen molar-refractivity contribution in [1.82, 2.24) is 5.32 Å². The number of rotatable bonds is 8. The molecule has 0 saturated carbocycles. The molecule has 0 spiro atoms. The van der Waals surface area contributed by atoms with Crippen molar-refractivity contribution in [1.29, 1.82) is 0 Å². The number of amides is 1. The van der Waals surface area contributed by atoms with Crippen LogP contribution in [0.15, 0.2) is 24.3 Å². The van der Waals surface area contributed by atoms with Gasteiger partial charge in [0.15, 0.2) is 0 Å². The van der Waals surface area contributed by atoms with Crippen LogP contribution in [0.25, 0.3) is 0 Å². The summed E-state index contributed by atoms with van der Waals surface area (Å²) in [7, 11) is 0. The molecule has 130 valence electrons. The molecule has 0 aromatic heterocycles. The van der Waals surface area contributed by atoms with Gasteiger partial charge in [-0.15, -0.1) is 0 Å². The lowest BCUT2D eigenvalue weighted by molar-refractivity contribution is -0.384. The van der Waals surface area contributed by atoms with Crippen LogP contribution in [0.3, 0.4) is 0 Å². The largest absolute Gasteiger partial charge is 0.480 e. The van der Waals surface area contributed by atoms with E-state index in [4.69, 9.17) is 4.74 Å². The van der Waals surface area contributed by atoms with Gasteiger partial charge in [-0.25, -0.2) is 4.79 Å². The number of nitrogens with zero attached hydrogens (tertiary/aromatic N) is 1. The molecule has 1 rings (SSSR count). The number of hydrogen-bond donors (Lipinski definition) is 2. The number of ether oxygens (including phenoxy) is 1. The molecule has 1 aromatic carbocycles. The van der Waals surface area contributed by atoms with Gasteiger partial charge in [-0.1, -0.05) is 12.1 Å². The Bertz CT molecular complexity index is 627. The van der Waals surface area contributed by atoms with E-state index in [-0.39, 0.29) is 18.7 Å². The first-order valence-electron chi connectivity index (χ1n) is 7.16. The highest BCUT2D eigenvalue weighted by Gasteiger charge is 2.32. The summed E-state index contributed by atoms with van der Waals surface area (Å²) in [4.78, 5) is 44.7. The van der Waals surface area contributed by atoms with Crippen molar-refractivity contribution < 1.29 is 29.2 Å². The standard InChI is InChI=1S/C15H18N2O7/c1-3-24-13(19)8-12(14(15(20)21)16-9(2)18)10-4-6-11(7-5-10)17(22)23/h4-7,12,14H,3,8H2,1-2H3,(H,16,18)(H,20,21)/t12-,14-/m0/s1. The van der Waals surface area contributed by atoms with Gasteiger partial charge < -0.3 is 15.2 Å². The quantitative estimate of drug-likeness (QED) is 0.413. The summed E-state index contributed by atoms with van der Waals surface area (Å²) in [5, 5.41) is 22.4. The molecular weight excluding hydrogens is 320 g/mol. The molecule has 2 N–H and O–H groups in total.